The van der Waals surface area contributed by atoms with Crippen molar-refractivity contribution in [1.82, 2.24) is 5.32 Å². The van der Waals surface area contributed by atoms with E-state index in [1.807, 2.05) is 0 Å². The highest BCUT2D eigenvalue weighted by atomic mass is 16.5. The molecule has 1 amide bonds. The molecule has 2 atom stereocenters. The second-order valence-electron chi connectivity index (χ2n) is 4.06. The highest BCUT2D eigenvalue weighted by molar-refractivity contribution is 5.87. The topological polar surface area (TPSA) is 75.6 Å². The average molecular weight is 251 g/mol. The first kappa shape index (κ1) is 14.0. The minimum absolute atomic E-state index is 0.310. The van der Waals surface area contributed by atoms with Gasteiger partial charge in [-0.05, 0) is 31.5 Å². The van der Waals surface area contributed by atoms with Crippen LogP contribution in [-0.2, 0) is 9.59 Å². The molecule has 5 heteroatoms. The third-order valence-electron chi connectivity index (χ3n) is 2.74. The standard InChI is InChI=1S/C13H17NO4/c1-8(12(15)14-9(2)13(16)17)10-4-6-11(18-3)7-5-10/h4-9H,1-3H3,(H,14,15)(H,16,17)/t8?,9-/m1/s1. The van der Waals surface area contributed by atoms with Gasteiger partial charge in [-0.2, -0.15) is 0 Å². The molecule has 0 aliphatic heterocycles. The van der Waals surface area contributed by atoms with Crippen LogP contribution >= 0.6 is 0 Å². The van der Waals surface area contributed by atoms with Gasteiger partial charge in [0.05, 0.1) is 13.0 Å². The van der Waals surface area contributed by atoms with E-state index in [1.165, 1.54) is 6.92 Å². The smallest absolute Gasteiger partial charge is 0.325 e. The summed E-state index contributed by atoms with van der Waals surface area (Å²) in [6.45, 7) is 3.16. The van der Waals surface area contributed by atoms with Crippen LogP contribution in [0.25, 0.3) is 0 Å². The molecule has 0 aromatic heterocycles. The first-order chi connectivity index (χ1) is 8.45. The van der Waals surface area contributed by atoms with Crippen molar-refractivity contribution in [3.05, 3.63) is 29.8 Å². The average Bonchev–Trinajstić information content (AvgIpc) is 2.37. The number of carboxylic acids is 1. The van der Waals surface area contributed by atoms with E-state index in [0.29, 0.717) is 5.75 Å². The van der Waals surface area contributed by atoms with Crippen LogP contribution in [0.1, 0.15) is 25.3 Å². The summed E-state index contributed by atoms with van der Waals surface area (Å²) in [5.74, 6) is -1.05. The molecule has 0 aliphatic carbocycles. The second-order valence-corrected chi connectivity index (χ2v) is 4.06. The monoisotopic (exact) mass is 251 g/mol. The molecular weight excluding hydrogens is 234 g/mol. The summed E-state index contributed by atoms with van der Waals surface area (Å²) in [4.78, 5) is 22.5. The fraction of sp³-hybridized carbons (Fsp3) is 0.385. The van der Waals surface area contributed by atoms with E-state index in [4.69, 9.17) is 9.84 Å². The minimum Gasteiger partial charge on any atom is -0.497 e. The van der Waals surface area contributed by atoms with Crippen molar-refractivity contribution in [2.75, 3.05) is 7.11 Å². The number of rotatable bonds is 5. The third kappa shape index (κ3) is 3.48. The Morgan fingerprint density at radius 1 is 1.22 bits per heavy atom. The summed E-state index contributed by atoms with van der Waals surface area (Å²) in [7, 11) is 1.57. The number of carbonyl (C=O) groups excluding carboxylic acids is 1. The first-order valence-electron chi connectivity index (χ1n) is 5.62. The number of carboxylic acid groups (broad SMARTS) is 1. The Kier molecular flexibility index (Phi) is 4.71. The van der Waals surface area contributed by atoms with Gasteiger partial charge in [0.1, 0.15) is 11.8 Å². The molecule has 0 spiro atoms. The van der Waals surface area contributed by atoms with Crippen LogP contribution in [0.15, 0.2) is 24.3 Å². The Balaban J connectivity index is 2.70. The quantitative estimate of drug-likeness (QED) is 0.829. The molecule has 2 N–H and O–H groups in total. The maximum absolute atomic E-state index is 11.8. The van der Waals surface area contributed by atoms with Crippen molar-refractivity contribution < 1.29 is 19.4 Å². The lowest BCUT2D eigenvalue weighted by molar-refractivity contribution is -0.141. The molecule has 0 saturated carbocycles. The number of ether oxygens (including phenoxy) is 1. The number of nitrogens with one attached hydrogen (secondary N) is 1. The van der Waals surface area contributed by atoms with E-state index >= 15 is 0 Å². The fourth-order valence-corrected chi connectivity index (χ4v) is 1.44. The Morgan fingerprint density at radius 3 is 2.22 bits per heavy atom. The SMILES string of the molecule is COc1ccc(C(C)C(=O)N[C@H](C)C(=O)O)cc1. The highest BCUT2D eigenvalue weighted by Gasteiger charge is 2.20. The minimum atomic E-state index is -1.05. The van der Waals surface area contributed by atoms with Crippen molar-refractivity contribution >= 4 is 11.9 Å². The largest absolute Gasteiger partial charge is 0.497 e. The molecule has 0 bridgehead atoms. The Bertz CT molecular complexity index is 427. The van der Waals surface area contributed by atoms with Gasteiger partial charge in [-0.15, -0.1) is 0 Å². The molecule has 5 nitrogen and oxygen atoms in total. The molecule has 18 heavy (non-hydrogen) atoms. The van der Waals surface area contributed by atoms with E-state index in [9.17, 15) is 9.59 Å². The van der Waals surface area contributed by atoms with Gasteiger partial charge >= 0.3 is 5.97 Å². The number of carbonyl (C=O) groups is 2. The van der Waals surface area contributed by atoms with Gasteiger partial charge in [0, 0.05) is 0 Å². The molecule has 1 rings (SSSR count). The van der Waals surface area contributed by atoms with Gasteiger partial charge in [0.2, 0.25) is 5.91 Å². The van der Waals surface area contributed by atoms with Crippen LogP contribution in [0.2, 0.25) is 0 Å². The van der Waals surface area contributed by atoms with E-state index < -0.39 is 17.9 Å². The van der Waals surface area contributed by atoms with Crippen molar-refractivity contribution in [1.29, 1.82) is 0 Å². The molecule has 1 aromatic rings. The lowest BCUT2D eigenvalue weighted by Gasteiger charge is -2.15. The molecule has 98 valence electrons. The van der Waals surface area contributed by atoms with E-state index in [1.54, 1.807) is 38.3 Å². The number of hydrogen-bond donors (Lipinski definition) is 2. The zero-order valence-corrected chi connectivity index (χ0v) is 10.6. The van der Waals surface area contributed by atoms with Gasteiger partial charge in [-0.1, -0.05) is 12.1 Å². The van der Waals surface area contributed by atoms with Crippen molar-refractivity contribution in [3.63, 3.8) is 0 Å². The first-order valence-corrected chi connectivity index (χ1v) is 5.62. The normalized spacial score (nSPS) is 13.5. The number of methoxy groups -OCH3 is 1. The number of amides is 1. The predicted molar refractivity (Wildman–Crippen MR) is 66.6 cm³/mol. The molecule has 0 radical (unpaired) electrons. The van der Waals surface area contributed by atoms with Gasteiger partial charge in [0.15, 0.2) is 0 Å². The van der Waals surface area contributed by atoms with Gasteiger partial charge in [-0.3, -0.25) is 9.59 Å². The Morgan fingerprint density at radius 2 is 1.78 bits per heavy atom. The van der Waals surface area contributed by atoms with E-state index in [0.717, 1.165) is 5.56 Å². The maximum atomic E-state index is 11.8. The molecule has 0 saturated heterocycles. The van der Waals surface area contributed by atoms with Crippen LogP contribution in [0.4, 0.5) is 0 Å². The Hall–Kier alpha value is -2.04. The summed E-state index contributed by atoms with van der Waals surface area (Å²) in [5.41, 5.74) is 0.811. The van der Waals surface area contributed by atoms with Gasteiger partial charge < -0.3 is 15.2 Å². The predicted octanol–water partition coefficient (Wildman–Crippen LogP) is 1.39. The van der Waals surface area contributed by atoms with Crippen LogP contribution in [0, 0.1) is 0 Å². The number of benzene rings is 1. The molecule has 0 heterocycles. The van der Waals surface area contributed by atoms with Crippen molar-refractivity contribution in [3.8, 4) is 5.75 Å². The molecule has 1 aromatic carbocycles. The highest BCUT2D eigenvalue weighted by Crippen LogP contribution is 2.19. The third-order valence-corrected chi connectivity index (χ3v) is 2.74. The van der Waals surface area contributed by atoms with Crippen LogP contribution in [0.5, 0.6) is 5.75 Å². The van der Waals surface area contributed by atoms with Crippen LogP contribution in [-0.4, -0.2) is 30.1 Å². The summed E-state index contributed by atoms with van der Waals surface area (Å²) in [6.07, 6.45) is 0. The Labute approximate surface area is 106 Å². The lowest BCUT2D eigenvalue weighted by atomic mass is 10.00. The summed E-state index contributed by atoms with van der Waals surface area (Å²) in [6, 6.07) is 6.21. The zero-order chi connectivity index (χ0) is 13.7. The molecule has 0 aliphatic rings. The summed E-state index contributed by atoms with van der Waals surface area (Å²) in [5, 5.41) is 11.2. The molecule has 1 unspecified atom stereocenters. The zero-order valence-electron chi connectivity index (χ0n) is 10.6. The number of aliphatic carboxylic acids is 1. The van der Waals surface area contributed by atoms with Crippen LogP contribution < -0.4 is 10.1 Å². The molecule has 0 fully saturated rings. The van der Waals surface area contributed by atoms with E-state index in [-0.39, 0.29) is 5.91 Å². The van der Waals surface area contributed by atoms with Gasteiger partial charge in [0.25, 0.3) is 0 Å². The van der Waals surface area contributed by atoms with Gasteiger partial charge in [-0.25, -0.2) is 0 Å². The fourth-order valence-electron chi connectivity index (χ4n) is 1.44. The van der Waals surface area contributed by atoms with Crippen molar-refractivity contribution in [2.45, 2.75) is 25.8 Å². The van der Waals surface area contributed by atoms with E-state index in [2.05, 4.69) is 5.32 Å². The second kappa shape index (κ2) is 6.05. The summed E-state index contributed by atoms with van der Waals surface area (Å²) >= 11 is 0. The molecular formula is C13H17NO4. The summed E-state index contributed by atoms with van der Waals surface area (Å²) < 4.78 is 5.03. The van der Waals surface area contributed by atoms with Crippen molar-refractivity contribution in [2.24, 2.45) is 0 Å². The number of hydrogen-bond acceptors (Lipinski definition) is 3. The maximum Gasteiger partial charge on any atom is 0.325 e. The lowest BCUT2D eigenvalue weighted by Crippen LogP contribution is -2.40. The van der Waals surface area contributed by atoms with Crippen LogP contribution in [0.3, 0.4) is 0 Å².